The molecule has 0 unspecified atom stereocenters. The van der Waals surface area contributed by atoms with Crippen molar-refractivity contribution in [3.05, 3.63) is 0 Å². The van der Waals surface area contributed by atoms with E-state index < -0.39 is 34.6 Å². The van der Waals surface area contributed by atoms with Crippen LogP contribution in [0.5, 0.6) is 0 Å². The molecule has 0 aromatic heterocycles. The molecule has 134 valence electrons. The number of alkyl carbamates (subject to hydrolysis) is 1. The van der Waals surface area contributed by atoms with E-state index in [9.17, 15) is 14.4 Å². The summed E-state index contributed by atoms with van der Waals surface area (Å²) < 4.78 is 9.92. The summed E-state index contributed by atoms with van der Waals surface area (Å²) in [7, 11) is 1.26. The summed E-state index contributed by atoms with van der Waals surface area (Å²) in [5, 5.41) is 5.25. The summed E-state index contributed by atoms with van der Waals surface area (Å²) in [5.74, 6) is -1.01. The summed E-state index contributed by atoms with van der Waals surface area (Å²) in [6.07, 6.45) is 0.00437. The Morgan fingerprint density at radius 1 is 0.870 bits per heavy atom. The molecule has 0 aliphatic heterocycles. The molecule has 2 amide bonds. The molecule has 0 fully saturated rings. The monoisotopic (exact) mass is 330 g/mol. The van der Waals surface area contributed by atoms with Crippen LogP contribution in [-0.4, -0.2) is 41.8 Å². The van der Waals surface area contributed by atoms with E-state index in [0.717, 1.165) is 0 Å². The van der Waals surface area contributed by atoms with E-state index in [1.54, 1.807) is 48.5 Å². The molecule has 0 bridgehead atoms. The number of rotatable bonds is 6. The average Bonchev–Trinajstić information content (AvgIpc) is 2.43. The molecule has 23 heavy (non-hydrogen) atoms. The molecule has 2 atom stereocenters. The first-order valence-corrected chi connectivity index (χ1v) is 7.75. The molecule has 7 nitrogen and oxygen atoms in total. The van der Waals surface area contributed by atoms with E-state index >= 15 is 0 Å². The number of esters is 1. The van der Waals surface area contributed by atoms with Crippen molar-refractivity contribution in [2.24, 2.45) is 0 Å². The first kappa shape index (κ1) is 21.2. The Bertz CT molecular complexity index is 458. The molecule has 0 aromatic rings. The topological polar surface area (TPSA) is 93.7 Å². The summed E-state index contributed by atoms with van der Waals surface area (Å²) in [5.41, 5.74) is -3.02. The Morgan fingerprint density at radius 3 is 1.70 bits per heavy atom. The predicted octanol–water partition coefficient (Wildman–Crippen LogP) is 2.14. The van der Waals surface area contributed by atoms with E-state index in [1.807, 2.05) is 0 Å². The Balaban J connectivity index is 5.16. The van der Waals surface area contributed by atoms with Gasteiger partial charge in [0.25, 0.3) is 0 Å². The predicted molar refractivity (Wildman–Crippen MR) is 86.9 cm³/mol. The lowest BCUT2D eigenvalue weighted by atomic mass is 9.93. The van der Waals surface area contributed by atoms with Crippen LogP contribution in [0.4, 0.5) is 4.79 Å². The highest BCUT2D eigenvalue weighted by Crippen LogP contribution is 2.17. The quantitative estimate of drug-likeness (QED) is 0.728. The van der Waals surface area contributed by atoms with Crippen molar-refractivity contribution in [2.45, 2.75) is 78.0 Å². The minimum Gasteiger partial charge on any atom is -0.467 e. The maximum atomic E-state index is 12.6. The fraction of sp³-hybridized carbons (Fsp3) is 0.812. The Morgan fingerprint density at radius 2 is 1.35 bits per heavy atom. The summed E-state index contributed by atoms with van der Waals surface area (Å²) in [6.45, 7) is 11.9. The van der Waals surface area contributed by atoms with Crippen molar-refractivity contribution in [3.8, 4) is 0 Å². The third-order valence-electron chi connectivity index (χ3n) is 3.72. The number of hydrogen-bond donors (Lipinski definition) is 2. The highest BCUT2D eigenvalue weighted by molar-refractivity contribution is 5.94. The lowest BCUT2D eigenvalue weighted by Crippen LogP contribution is -2.63. The van der Waals surface area contributed by atoms with E-state index in [1.165, 1.54) is 7.11 Å². The van der Waals surface area contributed by atoms with Crippen LogP contribution in [0.15, 0.2) is 0 Å². The van der Waals surface area contributed by atoms with Gasteiger partial charge in [-0.2, -0.15) is 0 Å². The fourth-order valence-corrected chi connectivity index (χ4v) is 1.73. The SMILES string of the molecule is CC[C@](C)(NC(=O)OC(C)(C)C)C(=O)N[C@@](C)(CC)C(=O)OC. The molecule has 0 heterocycles. The maximum Gasteiger partial charge on any atom is 0.408 e. The summed E-state index contributed by atoms with van der Waals surface area (Å²) in [4.78, 5) is 36.4. The molecule has 0 aromatic carbocycles. The van der Waals surface area contributed by atoms with Crippen LogP contribution in [-0.2, 0) is 19.1 Å². The van der Waals surface area contributed by atoms with Crippen LogP contribution in [0.2, 0.25) is 0 Å². The Labute approximate surface area is 138 Å². The van der Waals surface area contributed by atoms with Gasteiger partial charge in [-0.1, -0.05) is 13.8 Å². The third kappa shape index (κ3) is 6.08. The van der Waals surface area contributed by atoms with Gasteiger partial charge in [-0.05, 0) is 47.5 Å². The van der Waals surface area contributed by atoms with Crippen LogP contribution >= 0.6 is 0 Å². The molecular formula is C16H30N2O5. The zero-order valence-corrected chi connectivity index (χ0v) is 15.5. The van der Waals surface area contributed by atoms with Crippen molar-refractivity contribution in [3.63, 3.8) is 0 Å². The van der Waals surface area contributed by atoms with Gasteiger partial charge in [0.1, 0.15) is 16.7 Å². The van der Waals surface area contributed by atoms with Gasteiger partial charge in [0.2, 0.25) is 5.91 Å². The highest BCUT2D eigenvalue weighted by atomic mass is 16.6. The normalized spacial score (nSPS) is 16.5. The molecule has 0 radical (unpaired) electrons. The van der Waals surface area contributed by atoms with Gasteiger partial charge in [0.15, 0.2) is 0 Å². The van der Waals surface area contributed by atoms with Crippen molar-refractivity contribution < 1.29 is 23.9 Å². The van der Waals surface area contributed by atoms with Gasteiger partial charge in [-0.3, -0.25) is 4.79 Å². The Hall–Kier alpha value is -1.79. The van der Waals surface area contributed by atoms with Crippen LogP contribution in [0.25, 0.3) is 0 Å². The second-order valence-electron chi connectivity index (χ2n) is 6.94. The lowest BCUT2D eigenvalue weighted by molar-refractivity contribution is -0.151. The van der Waals surface area contributed by atoms with Crippen molar-refractivity contribution in [1.82, 2.24) is 10.6 Å². The number of carbonyl (C=O) groups is 3. The van der Waals surface area contributed by atoms with Crippen molar-refractivity contribution in [1.29, 1.82) is 0 Å². The van der Waals surface area contributed by atoms with E-state index in [0.29, 0.717) is 12.8 Å². The molecule has 0 saturated carbocycles. The van der Waals surface area contributed by atoms with E-state index in [2.05, 4.69) is 10.6 Å². The second-order valence-corrected chi connectivity index (χ2v) is 6.94. The van der Waals surface area contributed by atoms with E-state index in [-0.39, 0.29) is 0 Å². The molecule has 0 rings (SSSR count). The summed E-state index contributed by atoms with van der Waals surface area (Å²) in [6, 6.07) is 0. The van der Waals surface area contributed by atoms with Gasteiger partial charge in [0.05, 0.1) is 7.11 Å². The minimum absolute atomic E-state index is 0.332. The van der Waals surface area contributed by atoms with Gasteiger partial charge in [-0.15, -0.1) is 0 Å². The van der Waals surface area contributed by atoms with Crippen LogP contribution in [0.3, 0.4) is 0 Å². The van der Waals surface area contributed by atoms with Crippen LogP contribution in [0.1, 0.15) is 61.3 Å². The largest absolute Gasteiger partial charge is 0.467 e. The zero-order valence-electron chi connectivity index (χ0n) is 15.5. The molecule has 7 heteroatoms. The number of amides is 2. The zero-order chi connectivity index (χ0) is 18.5. The van der Waals surface area contributed by atoms with Gasteiger partial charge in [0, 0.05) is 0 Å². The molecule has 2 N–H and O–H groups in total. The fourth-order valence-electron chi connectivity index (χ4n) is 1.73. The number of methoxy groups -OCH3 is 1. The maximum absolute atomic E-state index is 12.6. The standard InChI is InChI=1S/C16H30N2O5/c1-9-15(6,18-13(21)23-14(3,4)5)11(19)17-16(7,10-2)12(20)22-8/h9-10H2,1-8H3,(H,17,19)(H,18,21)/t15-,16-/m0/s1. The highest BCUT2D eigenvalue weighted by Gasteiger charge is 2.41. The number of nitrogens with one attached hydrogen (secondary N) is 2. The lowest BCUT2D eigenvalue weighted by Gasteiger charge is -2.34. The third-order valence-corrected chi connectivity index (χ3v) is 3.72. The van der Waals surface area contributed by atoms with Crippen molar-refractivity contribution in [2.75, 3.05) is 7.11 Å². The van der Waals surface area contributed by atoms with Crippen molar-refractivity contribution >= 4 is 18.0 Å². The van der Waals surface area contributed by atoms with Gasteiger partial charge >= 0.3 is 12.1 Å². The van der Waals surface area contributed by atoms with Gasteiger partial charge in [-0.25, -0.2) is 9.59 Å². The smallest absolute Gasteiger partial charge is 0.408 e. The van der Waals surface area contributed by atoms with Gasteiger partial charge < -0.3 is 20.1 Å². The number of hydrogen-bond acceptors (Lipinski definition) is 5. The second kappa shape index (κ2) is 7.66. The molecule has 0 spiro atoms. The summed E-state index contributed by atoms with van der Waals surface area (Å²) >= 11 is 0. The minimum atomic E-state index is -1.20. The molecule has 0 aliphatic rings. The van der Waals surface area contributed by atoms with Crippen LogP contribution < -0.4 is 10.6 Å². The Kier molecular flexibility index (Phi) is 7.06. The first-order valence-electron chi connectivity index (χ1n) is 7.75. The van der Waals surface area contributed by atoms with Crippen LogP contribution in [0, 0.1) is 0 Å². The number of ether oxygens (including phenoxy) is 2. The average molecular weight is 330 g/mol. The first-order chi connectivity index (χ1) is 10.3. The molecular weight excluding hydrogens is 300 g/mol. The molecule has 0 aliphatic carbocycles. The number of carbonyl (C=O) groups excluding carboxylic acids is 3. The van der Waals surface area contributed by atoms with E-state index in [4.69, 9.17) is 9.47 Å². The molecule has 0 saturated heterocycles.